The summed E-state index contributed by atoms with van der Waals surface area (Å²) in [4.78, 5) is 42.0. The molecule has 0 spiro atoms. The zero-order valence-corrected chi connectivity index (χ0v) is 14.4. The first kappa shape index (κ1) is 17.4. The lowest BCUT2D eigenvalue weighted by Gasteiger charge is -2.35. The van der Waals surface area contributed by atoms with Crippen LogP contribution in [0, 0.1) is 5.92 Å². The topological polar surface area (TPSA) is 70.2 Å². The number of ether oxygens (including phenoxy) is 1. The van der Waals surface area contributed by atoms with Crippen LogP contribution >= 0.6 is 0 Å². The number of benzene rings is 1. The number of amides is 3. The van der Waals surface area contributed by atoms with E-state index in [-0.39, 0.29) is 36.7 Å². The van der Waals surface area contributed by atoms with E-state index in [2.05, 4.69) is 0 Å². The standard InChI is InChI=1S/C18H23N3O4/c1-25-13-17(23)19-7-9-20(10-8-19)18(24)14-11-16(22)21(12-14)15-5-3-2-4-6-15/h2-6,14H,7-13H2,1H3/t14-/m0/s1. The number of methoxy groups -OCH3 is 1. The molecule has 3 amide bonds. The molecule has 1 aromatic rings. The number of carbonyl (C=O) groups excluding carboxylic acids is 3. The van der Waals surface area contributed by atoms with Crippen LogP contribution in [-0.2, 0) is 19.1 Å². The van der Waals surface area contributed by atoms with E-state index in [4.69, 9.17) is 4.74 Å². The Labute approximate surface area is 147 Å². The van der Waals surface area contributed by atoms with Crippen molar-refractivity contribution in [1.29, 1.82) is 0 Å². The van der Waals surface area contributed by atoms with E-state index < -0.39 is 0 Å². The molecule has 2 heterocycles. The zero-order chi connectivity index (χ0) is 17.8. The molecule has 7 heteroatoms. The van der Waals surface area contributed by atoms with Crippen LogP contribution in [0.15, 0.2) is 30.3 Å². The first-order chi connectivity index (χ1) is 12.1. The fourth-order valence-electron chi connectivity index (χ4n) is 3.38. The Kier molecular flexibility index (Phi) is 5.33. The van der Waals surface area contributed by atoms with Crippen molar-refractivity contribution in [2.75, 3.05) is 51.3 Å². The van der Waals surface area contributed by atoms with Gasteiger partial charge in [-0.15, -0.1) is 0 Å². The number of hydrogen-bond acceptors (Lipinski definition) is 4. The Morgan fingerprint density at radius 1 is 1.08 bits per heavy atom. The summed E-state index contributed by atoms with van der Waals surface area (Å²) in [5.41, 5.74) is 0.831. The van der Waals surface area contributed by atoms with Crippen molar-refractivity contribution in [2.45, 2.75) is 6.42 Å². The number of anilines is 1. The van der Waals surface area contributed by atoms with Crippen LogP contribution < -0.4 is 4.90 Å². The highest BCUT2D eigenvalue weighted by Crippen LogP contribution is 2.26. The second kappa shape index (κ2) is 7.65. The van der Waals surface area contributed by atoms with E-state index >= 15 is 0 Å². The molecule has 0 bridgehead atoms. The summed E-state index contributed by atoms with van der Waals surface area (Å²) in [6.45, 7) is 2.52. The minimum atomic E-state index is -0.311. The first-order valence-corrected chi connectivity index (χ1v) is 8.51. The van der Waals surface area contributed by atoms with E-state index in [1.54, 1.807) is 14.7 Å². The summed E-state index contributed by atoms with van der Waals surface area (Å²) >= 11 is 0. The Hall–Kier alpha value is -2.41. The van der Waals surface area contributed by atoms with Gasteiger partial charge < -0.3 is 19.4 Å². The monoisotopic (exact) mass is 345 g/mol. The minimum absolute atomic E-state index is 0.00521. The Morgan fingerprint density at radius 3 is 2.36 bits per heavy atom. The Morgan fingerprint density at radius 2 is 1.72 bits per heavy atom. The van der Waals surface area contributed by atoms with Gasteiger partial charge in [-0.05, 0) is 12.1 Å². The summed E-state index contributed by atoms with van der Waals surface area (Å²) < 4.78 is 4.86. The lowest BCUT2D eigenvalue weighted by atomic mass is 10.1. The van der Waals surface area contributed by atoms with Gasteiger partial charge in [0.15, 0.2) is 0 Å². The quantitative estimate of drug-likeness (QED) is 0.790. The van der Waals surface area contributed by atoms with E-state index in [0.29, 0.717) is 32.7 Å². The smallest absolute Gasteiger partial charge is 0.248 e. The summed E-state index contributed by atoms with van der Waals surface area (Å²) in [5, 5.41) is 0. The number of nitrogens with zero attached hydrogens (tertiary/aromatic N) is 3. The van der Waals surface area contributed by atoms with E-state index in [1.165, 1.54) is 7.11 Å². The highest BCUT2D eigenvalue weighted by Gasteiger charge is 2.38. The molecular weight excluding hydrogens is 322 g/mol. The molecule has 2 aliphatic heterocycles. The molecular formula is C18H23N3O4. The number of hydrogen-bond donors (Lipinski definition) is 0. The van der Waals surface area contributed by atoms with Gasteiger partial charge in [-0.2, -0.15) is 0 Å². The maximum Gasteiger partial charge on any atom is 0.248 e. The third-order valence-electron chi connectivity index (χ3n) is 4.75. The molecule has 2 fully saturated rings. The van der Waals surface area contributed by atoms with Crippen molar-refractivity contribution in [3.63, 3.8) is 0 Å². The van der Waals surface area contributed by atoms with Gasteiger partial charge in [0.05, 0.1) is 5.92 Å². The van der Waals surface area contributed by atoms with Gasteiger partial charge in [-0.25, -0.2) is 0 Å². The zero-order valence-electron chi connectivity index (χ0n) is 14.4. The maximum absolute atomic E-state index is 12.7. The number of carbonyl (C=O) groups is 3. The van der Waals surface area contributed by atoms with Gasteiger partial charge in [-0.3, -0.25) is 14.4 Å². The predicted octanol–water partition coefficient (Wildman–Crippen LogP) is 0.357. The fraction of sp³-hybridized carbons (Fsp3) is 0.500. The second-order valence-electron chi connectivity index (χ2n) is 6.38. The third kappa shape index (κ3) is 3.82. The second-order valence-corrected chi connectivity index (χ2v) is 6.38. The minimum Gasteiger partial charge on any atom is -0.375 e. The lowest BCUT2D eigenvalue weighted by Crippen LogP contribution is -2.52. The molecule has 2 saturated heterocycles. The van der Waals surface area contributed by atoms with Crippen LogP contribution in [0.1, 0.15) is 6.42 Å². The summed E-state index contributed by atoms with van der Waals surface area (Å²) in [6, 6.07) is 9.43. The maximum atomic E-state index is 12.7. The Balaban J connectivity index is 1.56. The van der Waals surface area contributed by atoms with Crippen molar-refractivity contribution < 1.29 is 19.1 Å². The van der Waals surface area contributed by atoms with Gasteiger partial charge in [0.1, 0.15) is 6.61 Å². The molecule has 0 radical (unpaired) electrons. The van der Waals surface area contributed by atoms with Gasteiger partial charge in [0.2, 0.25) is 17.7 Å². The van der Waals surface area contributed by atoms with Gasteiger partial charge >= 0.3 is 0 Å². The van der Waals surface area contributed by atoms with Crippen molar-refractivity contribution in [3.8, 4) is 0 Å². The molecule has 1 aromatic carbocycles. The number of piperazine rings is 1. The van der Waals surface area contributed by atoms with E-state index in [0.717, 1.165) is 5.69 Å². The average Bonchev–Trinajstić information content (AvgIpc) is 3.04. The van der Waals surface area contributed by atoms with Crippen LogP contribution in [-0.4, -0.2) is 74.0 Å². The molecule has 1 atom stereocenters. The molecule has 25 heavy (non-hydrogen) atoms. The van der Waals surface area contributed by atoms with E-state index in [1.807, 2.05) is 30.3 Å². The molecule has 0 aliphatic carbocycles. The molecule has 0 unspecified atom stereocenters. The molecule has 0 saturated carbocycles. The molecule has 0 aromatic heterocycles. The largest absolute Gasteiger partial charge is 0.375 e. The van der Waals surface area contributed by atoms with Crippen LogP contribution in [0.4, 0.5) is 5.69 Å². The molecule has 3 rings (SSSR count). The molecule has 134 valence electrons. The predicted molar refractivity (Wildman–Crippen MR) is 91.9 cm³/mol. The van der Waals surface area contributed by atoms with Gasteiger partial charge in [-0.1, -0.05) is 18.2 Å². The van der Waals surface area contributed by atoms with Crippen molar-refractivity contribution in [3.05, 3.63) is 30.3 Å². The van der Waals surface area contributed by atoms with Crippen molar-refractivity contribution in [1.82, 2.24) is 9.80 Å². The average molecular weight is 345 g/mol. The molecule has 2 aliphatic rings. The highest BCUT2D eigenvalue weighted by atomic mass is 16.5. The highest BCUT2D eigenvalue weighted by molar-refractivity contribution is 6.00. The normalized spacial score (nSPS) is 20.9. The number of rotatable bonds is 4. The summed E-state index contributed by atoms with van der Waals surface area (Å²) in [5.74, 6) is -0.376. The Bertz CT molecular complexity index is 641. The SMILES string of the molecule is COCC(=O)N1CCN(C(=O)[C@H]2CC(=O)N(c3ccccc3)C2)CC1. The number of para-hydroxylation sites is 1. The fourth-order valence-corrected chi connectivity index (χ4v) is 3.38. The van der Waals surface area contributed by atoms with E-state index in [9.17, 15) is 14.4 Å². The van der Waals surface area contributed by atoms with Crippen LogP contribution in [0.2, 0.25) is 0 Å². The lowest BCUT2D eigenvalue weighted by molar-refractivity contribution is -0.143. The van der Waals surface area contributed by atoms with Crippen molar-refractivity contribution in [2.24, 2.45) is 5.92 Å². The van der Waals surface area contributed by atoms with Crippen LogP contribution in [0.5, 0.6) is 0 Å². The third-order valence-corrected chi connectivity index (χ3v) is 4.75. The van der Waals surface area contributed by atoms with Crippen LogP contribution in [0.25, 0.3) is 0 Å². The van der Waals surface area contributed by atoms with Gasteiger partial charge in [0.25, 0.3) is 0 Å². The van der Waals surface area contributed by atoms with Crippen LogP contribution in [0.3, 0.4) is 0 Å². The summed E-state index contributed by atoms with van der Waals surface area (Å²) in [7, 11) is 1.49. The van der Waals surface area contributed by atoms with Crippen molar-refractivity contribution >= 4 is 23.4 Å². The first-order valence-electron chi connectivity index (χ1n) is 8.51. The molecule has 0 N–H and O–H groups in total. The summed E-state index contributed by atoms with van der Waals surface area (Å²) in [6.07, 6.45) is 0.247. The molecule has 7 nitrogen and oxygen atoms in total. The van der Waals surface area contributed by atoms with Gasteiger partial charge in [0, 0.05) is 51.9 Å².